The summed E-state index contributed by atoms with van der Waals surface area (Å²) >= 11 is 0. The van der Waals surface area contributed by atoms with Gasteiger partial charge in [-0.05, 0) is 31.4 Å². The van der Waals surface area contributed by atoms with Gasteiger partial charge in [0.2, 0.25) is 11.8 Å². The Morgan fingerprint density at radius 1 is 1.41 bits per heavy atom. The van der Waals surface area contributed by atoms with E-state index in [4.69, 9.17) is 8.94 Å². The number of carbonyl (C=O) groups is 1. The van der Waals surface area contributed by atoms with Gasteiger partial charge in [0.05, 0.1) is 6.54 Å². The predicted octanol–water partition coefficient (Wildman–Crippen LogP) is 2.84. The maximum atomic E-state index is 12.2. The van der Waals surface area contributed by atoms with Crippen molar-refractivity contribution in [3.05, 3.63) is 35.4 Å². The molecule has 0 spiro atoms. The molecule has 0 radical (unpaired) electrons. The minimum absolute atomic E-state index is 0.0987. The quantitative estimate of drug-likeness (QED) is 0.707. The van der Waals surface area contributed by atoms with Crippen LogP contribution in [0.25, 0.3) is 0 Å². The standard InChI is InChI=1S/C20H30N4O3/c1-14(2)11-20-21-19(22-27-20)8-10-24(16(4)25)17-7-9-23(12-17)13-18-6-5-15(3)26-18/h5-6,14,17H,7-13H2,1-4H3. The highest BCUT2D eigenvalue weighted by Gasteiger charge is 2.29. The van der Waals surface area contributed by atoms with Crippen LogP contribution in [0.3, 0.4) is 0 Å². The number of aryl methyl sites for hydroxylation is 1. The molecule has 2 aromatic rings. The first kappa shape index (κ1) is 19.6. The van der Waals surface area contributed by atoms with Gasteiger partial charge >= 0.3 is 0 Å². The molecule has 27 heavy (non-hydrogen) atoms. The van der Waals surface area contributed by atoms with Crippen LogP contribution in [-0.2, 0) is 24.2 Å². The lowest BCUT2D eigenvalue weighted by molar-refractivity contribution is -0.130. The fourth-order valence-corrected chi connectivity index (χ4v) is 3.64. The average molecular weight is 374 g/mol. The molecule has 1 fully saturated rings. The third-order valence-corrected chi connectivity index (χ3v) is 4.94. The van der Waals surface area contributed by atoms with Gasteiger partial charge < -0.3 is 13.8 Å². The highest BCUT2D eigenvalue weighted by atomic mass is 16.5. The molecule has 7 heteroatoms. The number of furan rings is 1. The molecule has 1 aliphatic rings. The lowest BCUT2D eigenvalue weighted by atomic mass is 10.1. The van der Waals surface area contributed by atoms with Crippen LogP contribution in [0.4, 0.5) is 0 Å². The summed E-state index contributed by atoms with van der Waals surface area (Å²) in [4.78, 5) is 20.9. The van der Waals surface area contributed by atoms with E-state index in [-0.39, 0.29) is 11.9 Å². The smallest absolute Gasteiger partial charge is 0.226 e. The molecule has 3 heterocycles. The summed E-state index contributed by atoms with van der Waals surface area (Å²) in [5, 5.41) is 4.05. The molecular weight excluding hydrogens is 344 g/mol. The van der Waals surface area contributed by atoms with Crippen molar-refractivity contribution in [2.24, 2.45) is 5.92 Å². The Bertz CT molecular complexity index is 752. The summed E-state index contributed by atoms with van der Waals surface area (Å²) in [6.07, 6.45) is 2.38. The molecule has 1 amide bonds. The Labute approximate surface area is 160 Å². The topological polar surface area (TPSA) is 75.6 Å². The zero-order valence-electron chi connectivity index (χ0n) is 16.8. The SMILES string of the molecule is CC(=O)N(CCc1noc(CC(C)C)n1)C1CCN(Cc2ccc(C)o2)C1. The molecule has 7 nitrogen and oxygen atoms in total. The third-order valence-electron chi connectivity index (χ3n) is 4.94. The molecule has 0 saturated carbocycles. The molecule has 0 aromatic carbocycles. The van der Waals surface area contributed by atoms with E-state index < -0.39 is 0 Å². The number of hydrogen-bond acceptors (Lipinski definition) is 6. The van der Waals surface area contributed by atoms with Gasteiger partial charge in [0.25, 0.3) is 0 Å². The summed E-state index contributed by atoms with van der Waals surface area (Å²) in [6.45, 7) is 11.1. The lowest BCUT2D eigenvalue weighted by Crippen LogP contribution is -2.42. The summed E-state index contributed by atoms with van der Waals surface area (Å²) in [5.41, 5.74) is 0. The van der Waals surface area contributed by atoms with E-state index >= 15 is 0 Å². The second-order valence-corrected chi connectivity index (χ2v) is 7.85. The number of rotatable bonds is 8. The van der Waals surface area contributed by atoms with Gasteiger partial charge in [-0.3, -0.25) is 9.69 Å². The van der Waals surface area contributed by atoms with E-state index in [1.165, 1.54) is 0 Å². The lowest BCUT2D eigenvalue weighted by Gasteiger charge is -2.27. The normalized spacial score (nSPS) is 17.7. The molecule has 0 N–H and O–H groups in total. The minimum Gasteiger partial charge on any atom is -0.465 e. The highest BCUT2D eigenvalue weighted by molar-refractivity contribution is 5.73. The summed E-state index contributed by atoms with van der Waals surface area (Å²) in [5.74, 6) is 3.85. The Morgan fingerprint density at radius 3 is 2.89 bits per heavy atom. The van der Waals surface area contributed by atoms with Crippen LogP contribution in [0.1, 0.15) is 50.4 Å². The molecule has 3 rings (SSSR count). The van der Waals surface area contributed by atoms with Gasteiger partial charge in [0.1, 0.15) is 11.5 Å². The van der Waals surface area contributed by atoms with Crippen LogP contribution in [0.5, 0.6) is 0 Å². The Kier molecular flexibility index (Phi) is 6.31. The van der Waals surface area contributed by atoms with E-state index in [1.54, 1.807) is 6.92 Å². The van der Waals surface area contributed by atoms with E-state index in [0.717, 1.165) is 44.0 Å². The number of nitrogens with zero attached hydrogens (tertiary/aromatic N) is 4. The van der Waals surface area contributed by atoms with E-state index in [2.05, 4.69) is 28.9 Å². The van der Waals surface area contributed by atoms with Crippen molar-refractivity contribution in [2.45, 2.75) is 59.5 Å². The van der Waals surface area contributed by atoms with Gasteiger partial charge in [0, 0.05) is 45.4 Å². The Balaban J connectivity index is 1.53. The minimum atomic E-state index is 0.0987. The van der Waals surface area contributed by atoms with Crippen LogP contribution in [0.2, 0.25) is 0 Å². The van der Waals surface area contributed by atoms with E-state index in [9.17, 15) is 4.79 Å². The molecule has 1 aliphatic heterocycles. The van der Waals surface area contributed by atoms with Crippen molar-refractivity contribution >= 4 is 5.91 Å². The predicted molar refractivity (Wildman–Crippen MR) is 101 cm³/mol. The Morgan fingerprint density at radius 2 is 2.22 bits per heavy atom. The number of likely N-dealkylation sites (tertiary alicyclic amines) is 1. The second kappa shape index (κ2) is 8.69. The van der Waals surface area contributed by atoms with Crippen LogP contribution in [0, 0.1) is 12.8 Å². The molecule has 1 saturated heterocycles. The molecule has 148 valence electrons. The van der Waals surface area contributed by atoms with Gasteiger partial charge in [-0.15, -0.1) is 0 Å². The largest absolute Gasteiger partial charge is 0.465 e. The van der Waals surface area contributed by atoms with E-state index in [0.29, 0.717) is 30.6 Å². The van der Waals surface area contributed by atoms with Crippen LogP contribution < -0.4 is 0 Å². The molecule has 1 atom stereocenters. The molecule has 2 aromatic heterocycles. The summed E-state index contributed by atoms with van der Waals surface area (Å²) in [6, 6.07) is 4.24. The van der Waals surface area contributed by atoms with Crippen molar-refractivity contribution in [1.29, 1.82) is 0 Å². The number of hydrogen-bond donors (Lipinski definition) is 0. The zero-order valence-corrected chi connectivity index (χ0v) is 16.8. The fourth-order valence-electron chi connectivity index (χ4n) is 3.64. The summed E-state index contributed by atoms with van der Waals surface area (Å²) in [7, 11) is 0. The van der Waals surface area contributed by atoms with Crippen molar-refractivity contribution in [3.63, 3.8) is 0 Å². The summed E-state index contributed by atoms with van der Waals surface area (Å²) < 4.78 is 11.0. The fraction of sp³-hybridized carbons (Fsp3) is 0.650. The maximum Gasteiger partial charge on any atom is 0.226 e. The van der Waals surface area contributed by atoms with Crippen molar-refractivity contribution in [1.82, 2.24) is 19.9 Å². The average Bonchev–Trinajstić information content (AvgIpc) is 3.30. The Hall–Kier alpha value is -2.15. The maximum absolute atomic E-state index is 12.2. The molecular formula is C20H30N4O3. The monoisotopic (exact) mass is 374 g/mol. The van der Waals surface area contributed by atoms with Crippen molar-refractivity contribution in [2.75, 3.05) is 19.6 Å². The second-order valence-electron chi connectivity index (χ2n) is 7.85. The van der Waals surface area contributed by atoms with Crippen molar-refractivity contribution < 1.29 is 13.7 Å². The van der Waals surface area contributed by atoms with Gasteiger partial charge in [-0.2, -0.15) is 4.98 Å². The van der Waals surface area contributed by atoms with Crippen LogP contribution in [-0.4, -0.2) is 51.5 Å². The zero-order chi connectivity index (χ0) is 19.4. The molecule has 0 aliphatic carbocycles. The van der Waals surface area contributed by atoms with Gasteiger partial charge in [0.15, 0.2) is 5.82 Å². The van der Waals surface area contributed by atoms with Crippen LogP contribution >= 0.6 is 0 Å². The van der Waals surface area contributed by atoms with Gasteiger partial charge in [-0.25, -0.2) is 0 Å². The number of aromatic nitrogens is 2. The number of carbonyl (C=O) groups excluding carboxylic acids is 1. The highest BCUT2D eigenvalue weighted by Crippen LogP contribution is 2.20. The first-order valence-electron chi connectivity index (χ1n) is 9.77. The molecule has 1 unspecified atom stereocenters. The van der Waals surface area contributed by atoms with Gasteiger partial charge in [-0.1, -0.05) is 19.0 Å². The van der Waals surface area contributed by atoms with Crippen molar-refractivity contribution in [3.8, 4) is 0 Å². The number of amides is 1. The van der Waals surface area contributed by atoms with Crippen LogP contribution in [0.15, 0.2) is 21.1 Å². The first-order valence-corrected chi connectivity index (χ1v) is 9.77. The third kappa shape index (κ3) is 5.42. The molecule has 0 bridgehead atoms. The first-order chi connectivity index (χ1) is 12.9. The van der Waals surface area contributed by atoms with E-state index in [1.807, 2.05) is 24.0 Å².